The molecule has 1 atom stereocenters. The molecule has 0 saturated heterocycles. The smallest absolute Gasteiger partial charge is 0.238 e. The van der Waals surface area contributed by atoms with E-state index in [1.165, 1.54) is 6.92 Å². The van der Waals surface area contributed by atoms with Crippen LogP contribution in [0.5, 0.6) is 0 Å². The topological polar surface area (TPSA) is 93.1 Å². The maximum absolute atomic E-state index is 11.8. The Bertz CT molecular complexity index is 592. The monoisotopic (exact) mass is 302 g/mol. The Morgan fingerprint density at radius 1 is 1.40 bits per heavy atom. The highest BCUT2D eigenvalue weighted by molar-refractivity contribution is 7.88. The van der Waals surface area contributed by atoms with E-state index in [9.17, 15) is 13.2 Å². The summed E-state index contributed by atoms with van der Waals surface area (Å²) in [5, 5.41) is 7.09. The number of sulfonamides is 1. The predicted molar refractivity (Wildman–Crippen MR) is 76.7 cm³/mol. The summed E-state index contributed by atoms with van der Waals surface area (Å²) in [5.74, 6) is -0.363. The van der Waals surface area contributed by atoms with Gasteiger partial charge in [-0.05, 0) is 27.7 Å². The van der Waals surface area contributed by atoms with Gasteiger partial charge in [0.2, 0.25) is 15.9 Å². The van der Waals surface area contributed by atoms with Gasteiger partial charge in [0.05, 0.1) is 18.0 Å². The highest BCUT2D eigenvalue weighted by Crippen LogP contribution is 2.12. The van der Waals surface area contributed by atoms with Gasteiger partial charge < -0.3 is 5.32 Å². The van der Waals surface area contributed by atoms with Gasteiger partial charge in [0, 0.05) is 24.3 Å². The summed E-state index contributed by atoms with van der Waals surface area (Å²) < 4.78 is 26.2. The van der Waals surface area contributed by atoms with Crippen LogP contribution in [-0.4, -0.2) is 36.4 Å². The minimum absolute atomic E-state index is 0.340. The Morgan fingerprint density at radius 2 is 2.00 bits per heavy atom. The molecule has 1 amide bonds. The Balaban J connectivity index is 2.68. The van der Waals surface area contributed by atoms with Crippen molar-refractivity contribution in [2.24, 2.45) is 0 Å². The number of hydrogen-bond acceptors (Lipinski definition) is 4. The van der Waals surface area contributed by atoms with E-state index in [0.29, 0.717) is 6.54 Å². The maximum atomic E-state index is 11.8. The van der Waals surface area contributed by atoms with Crippen molar-refractivity contribution >= 4 is 15.9 Å². The van der Waals surface area contributed by atoms with Gasteiger partial charge in [-0.15, -0.1) is 0 Å². The van der Waals surface area contributed by atoms with Crippen LogP contribution in [0.3, 0.4) is 0 Å². The molecule has 1 aromatic rings. The first-order chi connectivity index (χ1) is 9.15. The number of carbonyl (C=O) groups is 1. The SMILES string of the molecule is CCn1nc(C)c(CNC(=O)[C@H](C)NS(C)(=O)=O)c1C. The molecular weight excluding hydrogens is 280 g/mol. The van der Waals surface area contributed by atoms with Crippen molar-refractivity contribution < 1.29 is 13.2 Å². The van der Waals surface area contributed by atoms with Crippen molar-refractivity contribution in [1.82, 2.24) is 19.8 Å². The molecule has 114 valence electrons. The van der Waals surface area contributed by atoms with Gasteiger partial charge in [-0.25, -0.2) is 13.1 Å². The third-order valence-corrected chi connectivity index (χ3v) is 3.84. The second-order valence-corrected chi connectivity index (χ2v) is 6.57. The van der Waals surface area contributed by atoms with Gasteiger partial charge in [0.25, 0.3) is 0 Å². The van der Waals surface area contributed by atoms with Gasteiger partial charge in [-0.3, -0.25) is 9.48 Å². The van der Waals surface area contributed by atoms with Crippen LogP contribution in [0.15, 0.2) is 0 Å². The van der Waals surface area contributed by atoms with E-state index in [2.05, 4.69) is 15.1 Å². The summed E-state index contributed by atoms with van der Waals surface area (Å²) >= 11 is 0. The number of rotatable bonds is 6. The molecule has 7 nitrogen and oxygen atoms in total. The molecule has 0 fully saturated rings. The first-order valence-corrected chi connectivity index (χ1v) is 8.32. The molecular formula is C12H22N4O3S. The summed E-state index contributed by atoms with van der Waals surface area (Å²) in [5.41, 5.74) is 2.84. The second kappa shape index (κ2) is 6.36. The van der Waals surface area contributed by atoms with Crippen LogP contribution in [0.4, 0.5) is 0 Å². The van der Waals surface area contributed by atoms with E-state index in [1.807, 2.05) is 25.5 Å². The number of hydrogen-bond donors (Lipinski definition) is 2. The molecule has 2 N–H and O–H groups in total. The van der Waals surface area contributed by atoms with Crippen LogP contribution in [0.25, 0.3) is 0 Å². The Kier molecular flexibility index (Phi) is 5.29. The molecule has 0 aliphatic heterocycles. The predicted octanol–water partition coefficient (Wildman–Crippen LogP) is 0.0737. The van der Waals surface area contributed by atoms with Crippen LogP contribution >= 0.6 is 0 Å². The number of nitrogens with one attached hydrogen (secondary N) is 2. The maximum Gasteiger partial charge on any atom is 0.238 e. The molecule has 0 aliphatic rings. The quantitative estimate of drug-likeness (QED) is 0.778. The first kappa shape index (κ1) is 16.6. The van der Waals surface area contributed by atoms with E-state index in [4.69, 9.17) is 0 Å². The third kappa shape index (κ3) is 4.31. The molecule has 0 bridgehead atoms. The molecule has 0 aromatic carbocycles. The zero-order valence-corrected chi connectivity index (χ0v) is 13.3. The van der Waals surface area contributed by atoms with Crippen molar-refractivity contribution in [2.75, 3.05) is 6.26 Å². The van der Waals surface area contributed by atoms with Crippen molar-refractivity contribution in [3.63, 3.8) is 0 Å². The van der Waals surface area contributed by atoms with Crippen LogP contribution in [-0.2, 0) is 27.9 Å². The molecule has 1 rings (SSSR count). The van der Waals surface area contributed by atoms with Crippen molar-refractivity contribution in [3.05, 3.63) is 17.0 Å². The van der Waals surface area contributed by atoms with Gasteiger partial charge >= 0.3 is 0 Å². The number of aryl methyl sites for hydroxylation is 2. The molecule has 0 aliphatic carbocycles. The van der Waals surface area contributed by atoms with Crippen LogP contribution in [0.1, 0.15) is 30.8 Å². The molecule has 0 radical (unpaired) electrons. The molecule has 0 saturated carbocycles. The number of amides is 1. The lowest BCUT2D eigenvalue weighted by atomic mass is 10.2. The fourth-order valence-electron chi connectivity index (χ4n) is 2.00. The van der Waals surface area contributed by atoms with E-state index in [-0.39, 0.29) is 5.91 Å². The first-order valence-electron chi connectivity index (χ1n) is 6.43. The van der Waals surface area contributed by atoms with Crippen molar-refractivity contribution in [1.29, 1.82) is 0 Å². The fourth-order valence-corrected chi connectivity index (χ4v) is 2.75. The fraction of sp³-hybridized carbons (Fsp3) is 0.667. The van der Waals surface area contributed by atoms with E-state index in [0.717, 1.165) is 29.8 Å². The summed E-state index contributed by atoms with van der Waals surface area (Å²) in [6, 6.07) is -0.799. The zero-order valence-electron chi connectivity index (χ0n) is 12.5. The van der Waals surface area contributed by atoms with Crippen LogP contribution in [0, 0.1) is 13.8 Å². The van der Waals surface area contributed by atoms with Gasteiger partial charge in [-0.1, -0.05) is 0 Å². The largest absolute Gasteiger partial charge is 0.351 e. The zero-order chi connectivity index (χ0) is 15.5. The number of carbonyl (C=O) groups excluding carboxylic acids is 1. The molecule has 8 heteroatoms. The highest BCUT2D eigenvalue weighted by atomic mass is 32.2. The van der Waals surface area contributed by atoms with E-state index in [1.54, 1.807) is 0 Å². The minimum atomic E-state index is -3.39. The van der Waals surface area contributed by atoms with Gasteiger partial charge in [0.1, 0.15) is 0 Å². The minimum Gasteiger partial charge on any atom is -0.351 e. The second-order valence-electron chi connectivity index (χ2n) is 4.79. The summed E-state index contributed by atoms with van der Waals surface area (Å²) in [4.78, 5) is 11.8. The van der Waals surface area contributed by atoms with E-state index < -0.39 is 16.1 Å². The standard InChI is InChI=1S/C12H22N4O3S/c1-6-16-10(4)11(8(2)14-16)7-13-12(17)9(3)15-20(5,18)19/h9,15H,6-7H2,1-5H3,(H,13,17)/t9-/m0/s1. The molecule has 1 aromatic heterocycles. The highest BCUT2D eigenvalue weighted by Gasteiger charge is 2.18. The third-order valence-electron chi connectivity index (χ3n) is 3.05. The Hall–Kier alpha value is -1.41. The average Bonchev–Trinajstić information content (AvgIpc) is 2.59. The molecule has 0 unspecified atom stereocenters. The Morgan fingerprint density at radius 3 is 2.45 bits per heavy atom. The van der Waals surface area contributed by atoms with Gasteiger partial charge in [0.15, 0.2) is 0 Å². The lowest BCUT2D eigenvalue weighted by Gasteiger charge is -2.12. The van der Waals surface area contributed by atoms with E-state index >= 15 is 0 Å². The lowest BCUT2D eigenvalue weighted by Crippen LogP contribution is -2.44. The summed E-state index contributed by atoms with van der Waals surface area (Å²) in [6.45, 7) is 8.45. The normalized spacial score (nSPS) is 13.2. The van der Waals surface area contributed by atoms with Crippen molar-refractivity contribution in [3.8, 4) is 0 Å². The molecule has 20 heavy (non-hydrogen) atoms. The summed E-state index contributed by atoms with van der Waals surface area (Å²) in [7, 11) is -3.39. The average molecular weight is 302 g/mol. The molecule has 0 spiro atoms. The Labute approximate surface area is 119 Å². The molecule has 1 heterocycles. The number of nitrogens with zero attached hydrogens (tertiary/aromatic N) is 2. The lowest BCUT2D eigenvalue weighted by molar-refractivity contribution is -0.122. The van der Waals surface area contributed by atoms with Gasteiger partial charge in [-0.2, -0.15) is 5.10 Å². The summed E-state index contributed by atoms with van der Waals surface area (Å²) in [6.07, 6.45) is 1.02. The number of aromatic nitrogens is 2. The van der Waals surface area contributed by atoms with Crippen molar-refractivity contribution in [2.45, 2.75) is 46.8 Å². The van der Waals surface area contributed by atoms with Crippen LogP contribution < -0.4 is 10.0 Å². The van der Waals surface area contributed by atoms with Crippen LogP contribution in [0.2, 0.25) is 0 Å².